The highest BCUT2D eigenvalue weighted by atomic mass is 16.5. The van der Waals surface area contributed by atoms with Crippen molar-refractivity contribution in [3.63, 3.8) is 0 Å². The minimum absolute atomic E-state index is 0.509. The Morgan fingerprint density at radius 2 is 1.80 bits per heavy atom. The molecule has 0 radical (unpaired) electrons. The van der Waals surface area contributed by atoms with Crippen LogP contribution in [-0.2, 0) is 0 Å². The summed E-state index contributed by atoms with van der Waals surface area (Å²) in [5, 5.41) is 1.07. The second-order valence-electron chi connectivity index (χ2n) is 9.81. The van der Waals surface area contributed by atoms with Gasteiger partial charge in [-0.15, -0.1) is 0 Å². The summed E-state index contributed by atoms with van der Waals surface area (Å²) in [5.74, 6) is 3.83. The van der Waals surface area contributed by atoms with Gasteiger partial charge in [0.05, 0.1) is 22.9 Å². The fraction of sp³-hybridized carbons (Fsp3) is 0.276. The van der Waals surface area contributed by atoms with E-state index >= 15 is 0 Å². The van der Waals surface area contributed by atoms with E-state index in [0.717, 1.165) is 45.2 Å². The highest BCUT2D eigenvalue weighted by molar-refractivity contribution is 5.87. The first-order chi connectivity index (χ1) is 17.3. The SMILES string of the molecule is c1ccc(Oc2ccc3ccc(-c4nc(C5CC(CN6CCC6)C5)n5ccncc45)cc3n2)cc1. The third-order valence-corrected chi connectivity index (χ3v) is 7.45. The average Bonchev–Trinajstić information content (AvgIpc) is 3.22. The summed E-state index contributed by atoms with van der Waals surface area (Å²) in [5.41, 5.74) is 3.96. The molecule has 2 fully saturated rings. The van der Waals surface area contributed by atoms with Gasteiger partial charge in [-0.2, -0.15) is 0 Å². The van der Waals surface area contributed by atoms with E-state index in [1.165, 1.54) is 38.9 Å². The minimum atomic E-state index is 0.509. The van der Waals surface area contributed by atoms with Crippen molar-refractivity contribution in [1.29, 1.82) is 0 Å². The standard InChI is InChI=1S/C29H27N5O/c1-2-5-24(6-3-1)35-27-10-9-21-7-8-22(17-25(21)31-27)28-26-18-30-11-14-34(26)29(32-28)23-15-20(16-23)19-33-12-4-13-33/h1-3,5-11,14,17-18,20,23H,4,12-13,15-16,19H2. The summed E-state index contributed by atoms with van der Waals surface area (Å²) in [6.45, 7) is 3.80. The van der Waals surface area contributed by atoms with E-state index in [1.807, 2.05) is 48.8 Å². The number of hydrogen-bond acceptors (Lipinski definition) is 5. The quantitative estimate of drug-likeness (QED) is 0.313. The molecule has 3 aromatic heterocycles. The largest absolute Gasteiger partial charge is 0.439 e. The van der Waals surface area contributed by atoms with Crippen molar-refractivity contribution in [3.05, 3.63) is 85.1 Å². The number of para-hydroxylation sites is 1. The van der Waals surface area contributed by atoms with Gasteiger partial charge in [-0.05, 0) is 62.5 Å². The van der Waals surface area contributed by atoms with Gasteiger partial charge < -0.3 is 9.64 Å². The van der Waals surface area contributed by atoms with Gasteiger partial charge in [0.15, 0.2) is 0 Å². The Bertz CT molecular complexity index is 1500. The molecule has 6 nitrogen and oxygen atoms in total. The van der Waals surface area contributed by atoms with Crippen LogP contribution in [0.15, 0.2) is 79.3 Å². The van der Waals surface area contributed by atoms with Gasteiger partial charge in [0, 0.05) is 41.9 Å². The number of rotatable bonds is 6. The molecule has 0 bridgehead atoms. The smallest absolute Gasteiger partial charge is 0.219 e. The van der Waals surface area contributed by atoms with Crippen LogP contribution in [0.4, 0.5) is 0 Å². The molecule has 2 aliphatic rings. The lowest BCUT2D eigenvalue weighted by Crippen LogP contribution is -2.43. The van der Waals surface area contributed by atoms with E-state index < -0.39 is 0 Å². The molecule has 0 amide bonds. The molecule has 5 aromatic rings. The molecule has 0 spiro atoms. The summed E-state index contributed by atoms with van der Waals surface area (Å²) in [6.07, 6.45) is 9.63. The van der Waals surface area contributed by atoms with Crippen LogP contribution in [-0.4, -0.2) is 43.9 Å². The van der Waals surface area contributed by atoms with Gasteiger partial charge in [-0.25, -0.2) is 9.97 Å². The molecule has 1 aliphatic heterocycles. The Morgan fingerprint density at radius 1 is 0.943 bits per heavy atom. The molecule has 0 unspecified atom stereocenters. The number of aromatic nitrogens is 4. The zero-order valence-corrected chi connectivity index (χ0v) is 19.5. The van der Waals surface area contributed by atoms with Gasteiger partial charge >= 0.3 is 0 Å². The number of imidazole rings is 1. The van der Waals surface area contributed by atoms with Gasteiger partial charge in [0.1, 0.15) is 11.6 Å². The van der Waals surface area contributed by atoms with Crippen LogP contribution < -0.4 is 4.74 Å². The first-order valence-corrected chi connectivity index (χ1v) is 12.5. The molecule has 0 N–H and O–H groups in total. The molecular formula is C29H27N5O. The number of fused-ring (bicyclic) bond motifs is 2. The van der Waals surface area contributed by atoms with Crippen molar-refractivity contribution in [2.75, 3.05) is 19.6 Å². The number of hydrogen-bond donors (Lipinski definition) is 0. The highest BCUT2D eigenvalue weighted by Crippen LogP contribution is 2.43. The molecule has 0 atom stereocenters. The van der Waals surface area contributed by atoms with Crippen LogP contribution in [0.5, 0.6) is 11.6 Å². The number of pyridine rings is 1. The Morgan fingerprint density at radius 3 is 2.63 bits per heavy atom. The average molecular weight is 462 g/mol. The molecule has 174 valence electrons. The van der Waals surface area contributed by atoms with Crippen molar-refractivity contribution >= 4 is 16.4 Å². The molecule has 4 heterocycles. The summed E-state index contributed by atoms with van der Waals surface area (Å²) in [6, 6.07) is 20.1. The van der Waals surface area contributed by atoms with Gasteiger partial charge in [0.2, 0.25) is 5.88 Å². The van der Waals surface area contributed by atoms with Crippen molar-refractivity contribution in [3.8, 4) is 22.9 Å². The second kappa shape index (κ2) is 8.47. The van der Waals surface area contributed by atoms with E-state index in [2.05, 4.69) is 44.7 Å². The molecule has 35 heavy (non-hydrogen) atoms. The van der Waals surface area contributed by atoms with Crippen molar-refractivity contribution in [2.24, 2.45) is 5.92 Å². The third kappa shape index (κ3) is 3.84. The summed E-state index contributed by atoms with van der Waals surface area (Å²) >= 11 is 0. The molecule has 1 aliphatic carbocycles. The van der Waals surface area contributed by atoms with E-state index in [0.29, 0.717) is 11.8 Å². The fourth-order valence-corrected chi connectivity index (χ4v) is 5.40. The van der Waals surface area contributed by atoms with E-state index in [4.69, 9.17) is 14.7 Å². The predicted molar refractivity (Wildman–Crippen MR) is 137 cm³/mol. The molecule has 1 saturated heterocycles. The molecule has 6 heteroatoms. The Hall–Kier alpha value is -3.77. The number of likely N-dealkylation sites (tertiary alicyclic amines) is 1. The maximum atomic E-state index is 5.97. The van der Waals surface area contributed by atoms with Crippen LogP contribution in [0.1, 0.15) is 31.0 Å². The first kappa shape index (κ1) is 20.6. The minimum Gasteiger partial charge on any atom is -0.439 e. The van der Waals surface area contributed by atoms with Crippen LogP contribution in [0.2, 0.25) is 0 Å². The monoisotopic (exact) mass is 461 g/mol. The Labute approximate surface area is 204 Å². The zero-order chi connectivity index (χ0) is 23.2. The normalized spacial score (nSPS) is 20.0. The summed E-state index contributed by atoms with van der Waals surface area (Å²) in [4.78, 5) is 16.9. The summed E-state index contributed by atoms with van der Waals surface area (Å²) < 4.78 is 8.20. The topological polar surface area (TPSA) is 55.5 Å². The lowest BCUT2D eigenvalue weighted by Gasteiger charge is -2.41. The van der Waals surface area contributed by atoms with Crippen molar-refractivity contribution < 1.29 is 4.74 Å². The Balaban J connectivity index is 1.20. The van der Waals surface area contributed by atoms with E-state index in [1.54, 1.807) is 0 Å². The van der Waals surface area contributed by atoms with Crippen molar-refractivity contribution in [1.82, 2.24) is 24.3 Å². The molecular weight excluding hydrogens is 434 g/mol. The van der Waals surface area contributed by atoms with Crippen molar-refractivity contribution in [2.45, 2.75) is 25.2 Å². The fourth-order valence-electron chi connectivity index (χ4n) is 5.40. The van der Waals surface area contributed by atoms with E-state index in [9.17, 15) is 0 Å². The van der Waals surface area contributed by atoms with Crippen LogP contribution in [0, 0.1) is 5.92 Å². The Kier molecular flexibility index (Phi) is 4.98. The van der Waals surface area contributed by atoms with Crippen LogP contribution in [0.3, 0.4) is 0 Å². The van der Waals surface area contributed by atoms with Crippen LogP contribution >= 0.6 is 0 Å². The second-order valence-corrected chi connectivity index (χ2v) is 9.81. The van der Waals surface area contributed by atoms with Crippen LogP contribution in [0.25, 0.3) is 27.7 Å². The predicted octanol–water partition coefficient (Wildman–Crippen LogP) is 5.94. The molecule has 1 saturated carbocycles. The van der Waals surface area contributed by atoms with Gasteiger partial charge in [-0.3, -0.25) is 9.38 Å². The number of nitrogens with zero attached hydrogens (tertiary/aromatic N) is 5. The molecule has 2 aromatic carbocycles. The third-order valence-electron chi connectivity index (χ3n) is 7.45. The van der Waals surface area contributed by atoms with E-state index in [-0.39, 0.29) is 0 Å². The lowest BCUT2D eigenvalue weighted by atomic mass is 9.74. The first-order valence-electron chi connectivity index (χ1n) is 12.5. The number of benzene rings is 2. The maximum absolute atomic E-state index is 5.97. The highest BCUT2D eigenvalue weighted by Gasteiger charge is 2.35. The molecule has 7 rings (SSSR count). The zero-order valence-electron chi connectivity index (χ0n) is 19.5. The maximum Gasteiger partial charge on any atom is 0.219 e. The van der Waals surface area contributed by atoms with Gasteiger partial charge in [0.25, 0.3) is 0 Å². The number of ether oxygens (including phenoxy) is 1. The summed E-state index contributed by atoms with van der Waals surface area (Å²) in [7, 11) is 0. The lowest BCUT2D eigenvalue weighted by molar-refractivity contribution is 0.107. The van der Waals surface area contributed by atoms with Gasteiger partial charge in [-0.1, -0.05) is 30.3 Å².